The molecule has 0 unspecified atom stereocenters. The summed E-state index contributed by atoms with van der Waals surface area (Å²) in [5.41, 5.74) is 2.97. The third kappa shape index (κ3) is 5.13. The van der Waals surface area contributed by atoms with Crippen LogP contribution in [0.1, 0.15) is 29.5 Å². The van der Waals surface area contributed by atoms with E-state index in [1.807, 2.05) is 84.9 Å². The molecule has 5 nitrogen and oxygen atoms in total. The molecule has 150 valence electrons. The van der Waals surface area contributed by atoms with Gasteiger partial charge in [-0.15, -0.1) is 0 Å². The van der Waals surface area contributed by atoms with Crippen LogP contribution in [-0.2, 0) is 11.2 Å². The number of nitrogens with one attached hydrogen (secondary N) is 1. The van der Waals surface area contributed by atoms with Gasteiger partial charge in [0.05, 0.1) is 6.04 Å². The quantitative estimate of drug-likeness (QED) is 0.349. The molecule has 0 aliphatic carbocycles. The third-order valence-electron chi connectivity index (χ3n) is 4.71. The maximum absolute atomic E-state index is 12.7. The van der Waals surface area contributed by atoms with Gasteiger partial charge in [0.1, 0.15) is 0 Å². The molecule has 0 aliphatic rings. The van der Waals surface area contributed by atoms with Gasteiger partial charge >= 0.3 is 0 Å². The van der Waals surface area contributed by atoms with Crippen LogP contribution in [0.2, 0.25) is 0 Å². The maximum Gasteiger partial charge on any atom is 0.227 e. The molecule has 0 bridgehead atoms. The van der Waals surface area contributed by atoms with Crippen LogP contribution in [0.15, 0.2) is 89.5 Å². The molecule has 0 radical (unpaired) electrons. The summed E-state index contributed by atoms with van der Waals surface area (Å²) in [5.74, 6) is 0.921. The molecule has 0 atom stereocenters. The summed E-state index contributed by atoms with van der Waals surface area (Å²) in [6, 6.07) is 27.6. The van der Waals surface area contributed by atoms with Gasteiger partial charge in [0.25, 0.3) is 0 Å². The second-order valence-corrected chi connectivity index (χ2v) is 8.09. The molecular weight excluding hydrogens is 489 g/mol. The Labute approximate surface area is 188 Å². The molecule has 1 heterocycles. The van der Waals surface area contributed by atoms with Crippen molar-refractivity contribution in [3.8, 4) is 11.4 Å². The standard InChI is InChI=1S/C24H20IN3O2/c25-20-13-11-19(12-14-20)24-27-22(30-28-24)16-15-21(29)26-23(17-7-3-1-4-8-17)18-9-5-2-6-10-18/h1-14,23H,15-16H2,(H,26,29). The zero-order chi connectivity index (χ0) is 20.8. The van der Waals surface area contributed by atoms with E-state index in [1.54, 1.807) is 0 Å². The molecule has 1 aromatic heterocycles. The average Bonchev–Trinajstić information content (AvgIpc) is 3.27. The summed E-state index contributed by atoms with van der Waals surface area (Å²) in [6.07, 6.45) is 0.657. The SMILES string of the molecule is O=C(CCc1nc(-c2ccc(I)cc2)no1)NC(c1ccccc1)c1ccccc1. The highest BCUT2D eigenvalue weighted by Gasteiger charge is 2.17. The molecule has 0 saturated heterocycles. The van der Waals surface area contributed by atoms with E-state index in [2.05, 4.69) is 38.0 Å². The highest BCUT2D eigenvalue weighted by atomic mass is 127. The van der Waals surface area contributed by atoms with E-state index in [4.69, 9.17) is 4.52 Å². The Bertz CT molecular complexity index is 1060. The molecule has 0 spiro atoms. The first-order valence-electron chi connectivity index (χ1n) is 9.67. The number of halogens is 1. The number of hydrogen-bond donors (Lipinski definition) is 1. The normalized spacial score (nSPS) is 10.9. The van der Waals surface area contributed by atoms with E-state index in [-0.39, 0.29) is 18.4 Å². The smallest absolute Gasteiger partial charge is 0.227 e. The minimum Gasteiger partial charge on any atom is -0.345 e. The zero-order valence-electron chi connectivity index (χ0n) is 16.2. The van der Waals surface area contributed by atoms with E-state index in [0.29, 0.717) is 18.1 Å². The van der Waals surface area contributed by atoms with Crippen LogP contribution in [0.4, 0.5) is 0 Å². The molecule has 6 heteroatoms. The lowest BCUT2D eigenvalue weighted by Gasteiger charge is -2.19. The number of aromatic nitrogens is 2. The molecule has 0 aliphatic heterocycles. The highest BCUT2D eigenvalue weighted by Crippen LogP contribution is 2.22. The van der Waals surface area contributed by atoms with Gasteiger partial charge < -0.3 is 9.84 Å². The van der Waals surface area contributed by atoms with Crippen molar-refractivity contribution < 1.29 is 9.32 Å². The Morgan fingerprint density at radius 2 is 1.50 bits per heavy atom. The lowest BCUT2D eigenvalue weighted by Crippen LogP contribution is -2.29. The van der Waals surface area contributed by atoms with Crippen LogP contribution in [0.3, 0.4) is 0 Å². The molecule has 4 aromatic rings. The van der Waals surface area contributed by atoms with Crippen LogP contribution in [0, 0.1) is 3.57 Å². The van der Waals surface area contributed by atoms with E-state index in [9.17, 15) is 4.79 Å². The van der Waals surface area contributed by atoms with Crippen molar-refractivity contribution >= 4 is 28.5 Å². The number of carbonyl (C=O) groups excluding carboxylic acids is 1. The fraction of sp³-hybridized carbons (Fsp3) is 0.125. The highest BCUT2D eigenvalue weighted by molar-refractivity contribution is 14.1. The van der Waals surface area contributed by atoms with Crippen molar-refractivity contribution in [1.29, 1.82) is 0 Å². The number of hydrogen-bond acceptors (Lipinski definition) is 4. The lowest BCUT2D eigenvalue weighted by atomic mass is 9.98. The van der Waals surface area contributed by atoms with Crippen molar-refractivity contribution in [3.63, 3.8) is 0 Å². The van der Waals surface area contributed by atoms with Crippen molar-refractivity contribution in [2.45, 2.75) is 18.9 Å². The zero-order valence-corrected chi connectivity index (χ0v) is 18.3. The summed E-state index contributed by atoms with van der Waals surface area (Å²) in [5, 5.41) is 7.16. The molecule has 1 N–H and O–H groups in total. The fourth-order valence-electron chi connectivity index (χ4n) is 3.18. The minimum absolute atomic E-state index is 0.0679. The van der Waals surface area contributed by atoms with Crippen LogP contribution >= 0.6 is 22.6 Å². The molecule has 0 saturated carbocycles. The summed E-state index contributed by atoms with van der Waals surface area (Å²) < 4.78 is 6.47. The van der Waals surface area contributed by atoms with Crippen LogP contribution in [0.5, 0.6) is 0 Å². The maximum atomic E-state index is 12.7. The summed E-state index contributed by atoms with van der Waals surface area (Å²) >= 11 is 2.25. The Morgan fingerprint density at radius 3 is 2.10 bits per heavy atom. The van der Waals surface area contributed by atoms with Gasteiger partial charge in [-0.3, -0.25) is 4.79 Å². The number of amides is 1. The Balaban J connectivity index is 1.41. The van der Waals surface area contributed by atoms with Crippen LogP contribution in [0.25, 0.3) is 11.4 Å². The van der Waals surface area contributed by atoms with Gasteiger partial charge in [0.15, 0.2) is 0 Å². The van der Waals surface area contributed by atoms with Gasteiger partial charge in [-0.1, -0.05) is 78.0 Å². The minimum atomic E-state index is -0.204. The first kappa shape index (κ1) is 20.3. The average molecular weight is 509 g/mol. The van der Waals surface area contributed by atoms with Gasteiger partial charge in [-0.25, -0.2) is 0 Å². The van der Waals surface area contributed by atoms with Crippen molar-refractivity contribution in [2.75, 3.05) is 0 Å². The molecule has 30 heavy (non-hydrogen) atoms. The van der Waals surface area contributed by atoms with E-state index in [1.165, 1.54) is 0 Å². The monoisotopic (exact) mass is 509 g/mol. The van der Waals surface area contributed by atoms with Crippen molar-refractivity contribution in [1.82, 2.24) is 15.5 Å². The Morgan fingerprint density at radius 1 is 0.900 bits per heavy atom. The number of carbonyl (C=O) groups is 1. The van der Waals surface area contributed by atoms with E-state index < -0.39 is 0 Å². The molecule has 1 amide bonds. The Hall–Kier alpha value is -3.00. The fourth-order valence-corrected chi connectivity index (χ4v) is 3.54. The molecule has 0 fully saturated rings. The first-order valence-corrected chi connectivity index (χ1v) is 10.7. The van der Waals surface area contributed by atoms with Gasteiger partial charge in [-0.05, 0) is 45.9 Å². The molecular formula is C24H20IN3O2. The van der Waals surface area contributed by atoms with Gasteiger partial charge in [0, 0.05) is 22.0 Å². The lowest BCUT2D eigenvalue weighted by molar-refractivity contribution is -0.121. The number of nitrogens with zero attached hydrogens (tertiary/aromatic N) is 2. The summed E-state index contributed by atoms with van der Waals surface area (Å²) in [4.78, 5) is 17.1. The predicted molar refractivity (Wildman–Crippen MR) is 124 cm³/mol. The van der Waals surface area contributed by atoms with Crippen LogP contribution < -0.4 is 5.32 Å². The van der Waals surface area contributed by atoms with Gasteiger partial charge in [-0.2, -0.15) is 4.98 Å². The van der Waals surface area contributed by atoms with Crippen molar-refractivity contribution in [3.05, 3.63) is 106 Å². The number of benzene rings is 3. The predicted octanol–water partition coefficient (Wildman–Crippen LogP) is 5.18. The van der Waals surface area contributed by atoms with E-state index in [0.717, 1.165) is 20.3 Å². The van der Waals surface area contributed by atoms with E-state index >= 15 is 0 Å². The summed E-state index contributed by atoms with van der Waals surface area (Å²) in [6.45, 7) is 0. The second-order valence-electron chi connectivity index (χ2n) is 6.84. The molecule has 3 aromatic carbocycles. The second kappa shape index (κ2) is 9.67. The summed E-state index contributed by atoms with van der Waals surface area (Å²) in [7, 11) is 0. The Kier molecular flexibility index (Phi) is 6.53. The van der Waals surface area contributed by atoms with Crippen molar-refractivity contribution in [2.24, 2.45) is 0 Å². The number of aryl methyl sites for hydroxylation is 1. The molecule has 4 rings (SSSR count). The largest absolute Gasteiger partial charge is 0.345 e. The number of rotatable bonds is 7. The third-order valence-corrected chi connectivity index (χ3v) is 5.43. The first-order chi connectivity index (χ1) is 14.7. The topological polar surface area (TPSA) is 68.0 Å². The van der Waals surface area contributed by atoms with Gasteiger partial charge in [0.2, 0.25) is 17.6 Å². The van der Waals surface area contributed by atoms with Crippen LogP contribution in [-0.4, -0.2) is 16.0 Å².